The average Bonchev–Trinajstić information content (AvgIpc) is 2.97. The van der Waals surface area contributed by atoms with E-state index < -0.39 is 22.7 Å². The first kappa shape index (κ1) is 16.8. The van der Waals surface area contributed by atoms with E-state index in [0.29, 0.717) is 5.56 Å². The largest absolute Gasteiger partial charge is 0.349 e. The van der Waals surface area contributed by atoms with Crippen molar-refractivity contribution < 1.29 is 18.9 Å². The van der Waals surface area contributed by atoms with Crippen LogP contribution in [-0.4, -0.2) is 22.7 Å². The predicted octanol–water partition coefficient (Wildman–Crippen LogP) is 3.19. The minimum absolute atomic E-state index is 0.0452. The average molecular weight is 336 g/mol. The van der Waals surface area contributed by atoms with Gasteiger partial charge in [0.05, 0.1) is 10.5 Å². The fourth-order valence-corrected chi connectivity index (χ4v) is 2.63. The van der Waals surface area contributed by atoms with Crippen molar-refractivity contribution in [1.29, 1.82) is 0 Å². The van der Waals surface area contributed by atoms with Crippen LogP contribution in [0.2, 0.25) is 0 Å². The summed E-state index contributed by atoms with van der Waals surface area (Å²) in [6.45, 7) is 1.65. The molecule has 0 saturated carbocycles. The van der Waals surface area contributed by atoms with Gasteiger partial charge >= 0.3 is 5.00 Å². The molecular formula is C15H13FN2O4S. The Labute approximate surface area is 135 Å². The van der Waals surface area contributed by atoms with E-state index in [1.54, 1.807) is 6.92 Å². The number of carbonyl (C=O) groups excluding carboxylic acids is 2. The van der Waals surface area contributed by atoms with E-state index >= 15 is 0 Å². The third kappa shape index (κ3) is 4.43. The van der Waals surface area contributed by atoms with Crippen molar-refractivity contribution in [3.63, 3.8) is 0 Å². The molecule has 1 unspecified atom stereocenters. The summed E-state index contributed by atoms with van der Waals surface area (Å²) < 4.78 is 12.8. The van der Waals surface area contributed by atoms with E-state index in [9.17, 15) is 24.1 Å². The molecular weight excluding hydrogens is 323 g/mol. The van der Waals surface area contributed by atoms with Crippen molar-refractivity contribution >= 4 is 28.0 Å². The van der Waals surface area contributed by atoms with Crippen molar-refractivity contribution in [2.45, 2.75) is 19.4 Å². The van der Waals surface area contributed by atoms with Crippen LogP contribution in [0.3, 0.4) is 0 Å². The number of rotatable bonds is 6. The van der Waals surface area contributed by atoms with Crippen molar-refractivity contribution in [3.8, 4) is 0 Å². The number of carbonyl (C=O) groups is 2. The Morgan fingerprint density at radius 3 is 2.52 bits per heavy atom. The first-order chi connectivity index (χ1) is 10.9. The number of nitrogens with zero attached hydrogens (tertiary/aromatic N) is 1. The summed E-state index contributed by atoms with van der Waals surface area (Å²) in [6, 6.07) is 5.89. The van der Waals surface area contributed by atoms with E-state index in [1.165, 1.54) is 35.7 Å². The lowest BCUT2D eigenvalue weighted by molar-refractivity contribution is -0.380. The Morgan fingerprint density at radius 1 is 1.30 bits per heavy atom. The number of hydrogen-bond acceptors (Lipinski definition) is 5. The van der Waals surface area contributed by atoms with Gasteiger partial charge in [0.25, 0.3) is 5.91 Å². The molecule has 0 bridgehead atoms. The smallest absolute Gasteiger partial charge is 0.324 e. The SMILES string of the molecule is CC(CC(=O)c1ccc(F)cc1)NC(=O)c1csc([N+](=O)[O-])c1. The number of hydrogen-bond donors (Lipinski definition) is 1. The highest BCUT2D eigenvalue weighted by Crippen LogP contribution is 2.22. The minimum Gasteiger partial charge on any atom is -0.349 e. The van der Waals surface area contributed by atoms with Crippen LogP contribution in [0.4, 0.5) is 9.39 Å². The Balaban J connectivity index is 1.94. The lowest BCUT2D eigenvalue weighted by Gasteiger charge is -2.12. The molecule has 0 fully saturated rings. The van der Waals surface area contributed by atoms with Crippen molar-refractivity contribution in [2.75, 3.05) is 0 Å². The molecule has 120 valence electrons. The normalized spacial score (nSPS) is 11.7. The van der Waals surface area contributed by atoms with Crippen LogP contribution in [0.15, 0.2) is 35.7 Å². The summed E-state index contributed by atoms with van der Waals surface area (Å²) >= 11 is 0.863. The zero-order valence-corrected chi connectivity index (χ0v) is 12.9. The molecule has 8 heteroatoms. The molecule has 1 amide bonds. The first-order valence-electron chi connectivity index (χ1n) is 6.69. The van der Waals surface area contributed by atoms with E-state index in [1.807, 2.05) is 0 Å². The number of thiophene rings is 1. The van der Waals surface area contributed by atoms with Gasteiger partial charge in [0, 0.05) is 29.5 Å². The number of ketones is 1. The molecule has 23 heavy (non-hydrogen) atoms. The molecule has 1 aromatic heterocycles. The summed E-state index contributed by atoms with van der Waals surface area (Å²) in [5, 5.41) is 14.5. The number of nitrogens with one attached hydrogen (secondary N) is 1. The maximum atomic E-state index is 12.8. The van der Waals surface area contributed by atoms with Crippen LogP contribution in [0.25, 0.3) is 0 Å². The van der Waals surface area contributed by atoms with Gasteiger partial charge in [-0.3, -0.25) is 19.7 Å². The molecule has 0 radical (unpaired) electrons. The van der Waals surface area contributed by atoms with Gasteiger partial charge in [0.2, 0.25) is 0 Å². The number of nitro groups is 1. The summed E-state index contributed by atoms with van der Waals surface area (Å²) in [5.41, 5.74) is 0.543. The Hall–Kier alpha value is -2.61. The van der Waals surface area contributed by atoms with Crippen molar-refractivity contribution in [3.05, 3.63) is 62.8 Å². The minimum atomic E-state index is -0.567. The third-order valence-electron chi connectivity index (χ3n) is 3.06. The lowest BCUT2D eigenvalue weighted by atomic mass is 10.0. The molecule has 2 aromatic rings. The van der Waals surface area contributed by atoms with Gasteiger partial charge in [-0.05, 0) is 31.2 Å². The second-order valence-electron chi connectivity index (χ2n) is 4.94. The van der Waals surface area contributed by atoms with Crippen LogP contribution in [0, 0.1) is 15.9 Å². The van der Waals surface area contributed by atoms with Crippen LogP contribution in [-0.2, 0) is 0 Å². The zero-order valence-electron chi connectivity index (χ0n) is 12.1. The molecule has 0 aliphatic rings. The molecule has 1 N–H and O–H groups in total. The molecule has 0 aliphatic heterocycles. The number of Topliss-reactive ketones (excluding diaryl/α,β-unsaturated/α-hetero) is 1. The van der Waals surface area contributed by atoms with Crippen LogP contribution in [0.1, 0.15) is 34.1 Å². The Kier molecular flexibility index (Phi) is 5.17. The summed E-state index contributed by atoms with van der Waals surface area (Å²) in [7, 11) is 0. The monoisotopic (exact) mass is 336 g/mol. The van der Waals surface area contributed by atoms with Crippen molar-refractivity contribution in [1.82, 2.24) is 5.32 Å². The number of benzene rings is 1. The highest BCUT2D eigenvalue weighted by Gasteiger charge is 2.18. The van der Waals surface area contributed by atoms with Crippen LogP contribution in [0.5, 0.6) is 0 Å². The fourth-order valence-electron chi connectivity index (χ4n) is 1.93. The van der Waals surface area contributed by atoms with E-state index in [2.05, 4.69) is 5.32 Å². The van der Waals surface area contributed by atoms with E-state index in [-0.39, 0.29) is 22.8 Å². The molecule has 2 rings (SSSR count). The fraction of sp³-hybridized carbons (Fsp3) is 0.200. The first-order valence-corrected chi connectivity index (χ1v) is 7.57. The zero-order chi connectivity index (χ0) is 17.0. The summed E-state index contributed by atoms with van der Waals surface area (Å²) in [6.07, 6.45) is 0.0452. The van der Waals surface area contributed by atoms with Gasteiger partial charge in [0.1, 0.15) is 5.82 Å². The molecule has 1 atom stereocenters. The van der Waals surface area contributed by atoms with Gasteiger partial charge in [-0.15, -0.1) is 0 Å². The van der Waals surface area contributed by atoms with Gasteiger partial charge < -0.3 is 5.32 Å². The maximum absolute atomic E-state index is 12.8. The van der Waals surface area contributed by atoms with Gasteiger partial charge in [-0.2, -0.15) is 0 Å². The highest BCUT2D eigenvalue weighted by atomic mass is 32.1. The number of amides is 1. The second kappa shape index (κ2) is 7.10. The quantitative estimate of drug-likeness (QED) is 0.498. The molecule has 1 aromatic carbocycles. The van der Waals surface area contributed by atoms with Gasteiger partial charge in [-0.1, -0.05) is 11.3 Å². The van der Waals surface area contributed by atoms with Crippen molar-refractivity contribution in [2.24, 2.45) is 0 Å². The van der Waals surface area contributed by atoms with Crippen LogP contribution >= 0.6 is 11.3 Å². The summed E-state index contributed by atoms with van der Waals surface area (Å²) in [5.74, 6) is -1.13. The molecule has 1 heterocycles. The Bertz CT molecular complexity index is 742. The van der Waals surface area contributed by atoms with Gasteiger partial charge in [-0.25, -0.2) is 4.39 Å². The molecule has 0 spiro atoms. The standard InChI is InChI=1S/C15H13FN2O4S/c1-9(6-13(19)10-2-4-12(16)5-3-10)17-15(20)11-7-14(18(21)22)23-8-11/h2-5,7-9H,6H2,1H3,(H,17,20). The molecule has 0 aliphatic carbocycles. The van der Waals surface area contributed by atoms with E-state index in [4.69, 9.17) is 0 Å². The van der Waals surface area contributed by atoms with Crippen LogP contribution < -0.4 is 5.32 Å². The second-order valence-corrected chi connectivity index (χ2v) is 5.83. The van der Waals surface area contributed by atoms with E-state index in [0.717, 1.165) is 11.3 Å². The highest BCUT2D eigenvalue weighted by molar-refractivity contribution is 7.13. The lowest BCUT2D eigenvalue weighted by Crippen LogP contribution is -2.34. The maximum Gasteiger partial charge on any atom is 0.324 e. The predicted molar refractivity (Wildman–Crippen MR) is 83.2 cm³/mol. The Morgan fingerprint density at radius 2 is 1.96 bits per heavy atom. The molecule has 6 nitrogen and oxygen atoms in total. The summed E-state index contributed by atoms with van der Waals surface area (Å²) in [4.78, 5) is 34.0. The third-order valence-corrected chi connectivity index (χ3v) is 3.94. The van der Waals surface area contributed by atoms with Gasteiger partial charge in [0.15, 0.2) is 5.78 Å². The topological polar surface area (TPSA) is 89.3 Å². The number of halogens is 1. The molecule has 0 saturated heterocycles.